The minimum absolute atomic E-state index is 0.0393. The number of halogens is 6. The number of esters is 2. The van der Waals surface area contributed by atoms with E-state index in [-0.39, 0.29) is 48.9 Å². The summed E-state index contributed by atoms with van der Waals surface area (Å²) in [7, 11) is 1.79. The lowest BCUT2D eigenvalue weighted by atomic mass is 9.95. The number of thioether (sulfide) groups is 2. The summed E-state index contributed by atoms with van der Waals surface area (Å²) in [5.74, 6) is -0.118. The van der Waals surface area contributed by atoms with E-state index < -0.39 is 47.5 Å². The van der Waals surface area contributed by atoms with E-state index >= 15 is 0 Å². The quantitative estimate of drug-likeness (QED) is 0.0279. The second kappa shape index (κ2) is 31.3. The van der Waals surface area contributed by atoms with Gasteiger partial charge in [-0.2, -0.15) is 31.6 Å². The molecule has 0 aromatic heterocycles. The first kappa shape index (κ1) is 64.8. The molecule has 0 spiro atoms. The summed E-state index contributed by atoms with van der Waals surface area (Å²) in [6, 6.07) is 24.4. The minimum Gasteiger partial charge on any atom is -0.463 e. The number of rotatable bonds is 28. The fourth-order valence-electron chi connectivity index (χ4n) is 9.63. The Morgan fingerprint density at radius 2 is 1.04 bits per heavy atom. The van der Waals surface area contributed by atoms with Crippen molar-refractivity contribution in [3.05, 3.63) is 147 Å². The molecule has 0 fully saturated rings. The molecule has 0 saturated carbocycles. The molecule has 82 heavy (non-hydrogen) atoms. The maximum absolute atomic E-state index is 14.0. The number of hydrogen-bond acceptors (Lipinski definition) is 16. The largest absolute Gasteiger partial charge is 0.463 e. The average molecular weight is 1180 g/mol. The Morgan fingerprint density at radius 1 is 0.622 bits per heavy atom. The van der Waals surface area contributed by atoms with Crippen LogP contribution in [0.15, 0.2) is 130 Å². The normalized spacial score (nSPS) is 15.9. The highest BCUT2D eigenvalue weighted by Gasteiger charge is 2.39. The number of benzene rings is 4. The molecule has 0 amide bonds. The molecule has 22 heteroatoms. The maximum atomic E-state index is 14.0. The van der Waals surface area contributed by atoms with E-state index in [1.54, 1.807) is 80.9 Å². The van der Waals surface area contributed by atoms with Crippen LogP contribution in [0.5, 0.6) is 0 Å². The van der Waals surface area contributed by atoms with Gasteiger partial charge in [-0.15, -0.1) is 0 Å². The van der Waals surface area contributed by atoms with E-state index in [4.69, 9.17) is 19.5 Å². The first-order valence-electron chi connectivity index (χ1n) is 27.4. The van der Waals surface area contributed by atoms with Gasteiger partial charge in [0.2, 0.25) is 0 Å². The van der Waals surface area contributed by atoms with Crippen molar-refractivity contribution in [1.29, 1.82) is 5.26 Å². The molecule has 0 radical (unpaired) electrons. The van der Waals surface area contributed by atoms with Gasteiger partial charge in [0, 0.05) is 73.2 Å². The highest BCUT2D eigenvalue weighted by Crippen LogP contribution is 2.43. The van der Waals surface area contributed by atoms with Crippen LogP contribution in [0.25, 0.3) is 0 Å². The minimum atomic E-state index is -4.61. The zero-order chi connectivity index (χ0) is 59.4. The van der Waals surface area contributed by atoms with Gasteiger partial charge >= 0.3 is 24.3 Å². The number of nitrogens with zero attached hydrogens (tertiary/aromatic N) is 7. The molecule has 442 valence electrons. The van der Waals surface area contributed by atoms with Crippen molar-refractivity contribution in [2.75, 3.05) is 99.4 Å². The van der Waals surface area contributed by atoms with Gasteiger partial charge in [-0.3, -0.25) is 19.6 Å². The van der Waals surface area contributed by atoms with Crippen molar-refractivity contribution >= 4 is 62.9 Å². The molecular weight excluding hydrogens is 1110 g/mol. The van der Waals surface area contributed by atoms with Crippen molar-refractivity contribution in [2.45, 2.75) is 90.7 Å². The number of hydrogen-bond donors (Lipinski definition) is 3. The number of amidine groups is 2. The summed E-state index contributed by atoms with van der Waals surface area (Å²) >= 11 is 2.78. The van der Waals surface area contributed by atoms with Crippen LogP contribution in [0.1, 0.15) is 106 Å². The van der Waals surface area contributed by atoms with E-state index in [9.17, 15) is 51.4 Å². The van der Waals surface area contributed by atoms with Crippen LogP contribution in [0, 0.1) is 11.3 Å². The predicted octanol–water partition coefficient (Wildman–Crippen LogP) is 12.2. The smallest absolute Gasteiger partial charge is 0.416 e. The fraction of sp³-hybridized carbons (Fsp3) is 0.450. The Bertz CT molecular complexity index is 2930. The summed E-state index contributed by atoms with van der Waals surface area (Å²) in [6.45, 7) is 10.4. The zero-order valence-corrected chi connectivity index (χ0v) is 48.5. The summed E-state index contributed by atoms with van der Waals surface area (Å²) < 4.78 is 95.1. The number of alkyl halides is 6. The maximum Gasteiger partial charge on any atom is 0.416 e. The second-order valence-corrected chi connectivity index (χ2v) is 21.5. The molecule has 6 rings (SSSR count). The van der Waals surface area contributed by atoms with Gasteiger partial charge in [-0.1, -0.05) is 72.8 Å². The number of ether oxygens (including phenoxy) is 2. The lowest BCUT2D eigenvalue weighted by molar-refractivity contribution is -0.139. The Balaban J connectivity index is 1.05. The number of carbonyl (C=O) groups excluding carboxylic acids is 2. The lowest BCUT2D eigenvalue weighted by Gasteiger charge is -2.35. The summed E-state index contributed by atoms with van der Waals surface area (Å²) in [5.41, 5.74) is 2.51. The van der Waals surface area contributed by atoms with Crippen LogP contribution < -0.4 is 15.1 Å². The molecule has 0 bridgehead atoms. The number of nitrogens with one attached hydrogen (secondary N) is 1. The number of carbonyl (C=O) groups is 2. The molecule has 2 unspecified atom stereocenters. The molecule has 4 aromatic carbocycles. The van der Waals surface area contributed by atoms with E-state index in [2.05, 4.69) is 21.2 Å². The van der Waals surface area contributed by atoms with Crippen LogP contribution in [-0.2, 0) is 31.4 Å². The average Bonchev–Trinajstić information content (AvgIpc) is 3.46. The standard InChI is InChI=1S/C60H72F6N8O6S2/c1-6-79-55(77)51-41(3)73(49-18-14-16-46(38-49)59(61,62)63)57(69-53(51)44-22-20-43(40-67)21-23-44)81-36-12-8-10-28-71(32-34-75)30-31-72(33-35-76)29-11-9-13-37-82-58-70-54(45-24-26-48(68-5)27-25-45)52(56(78)80-7-2)42(4)74(58)50-19-15-17-47(39-50)60(64,65)66/h14-27,38-39,53-54,68,75-76H,6-13,28-37H2,1-5H3. The molecule has 0 aliphatic carbocycles. The van der Waals surface area contributed by atoms with Crippen LogP contribution in [0.2, 0.25) is 0 Å². The number of aliphatic imine (C=N–C) groups is 2. The lowest BCUT2D eigenvalue weighted by Crippen LogP contribution is -2.38. The van der Waals surface area contributed by atoms with Gasteiger partial charge in [0.1, 0.15) is 12.1 Å². The predicted molar refractivity (Wildman–Crippen MR) is 314 cm³/mol. The highest BCUT2D eigenvalue weighted by atomic mass is 32.2. The van der Waals surface area contributed by atoms with Crippen molar-refractivity contribution in [3.8, 4) is 6.07 Å². The first-order chi connectivity index (χ1) is 39.4. The molecule has 2 atom stereocenters. The van der Waals surface area contributed by atoms with Gasteiger partial charge in [-0.25, -0.2) is 19.6 Å². The molecule has 2 heterocycles. The van der Waals surface area contributed by atoms with E-state index in [1.165, 1.54) is 35.7 Å². The summed E-state index contributed by atoms with van der Waals surface area (Å²) in [6.07, 6.45) is -4.54. The number of nitriles is 1. The van der Waals surface area contributed by atoms with Crippen LogP contribution in [0.3, 0.4) is 0 Å². The Morgan fingerprint density at radius 3 is 1.40 bits per heavy atom. The Hall–Kier alpha value is -6.35. The van der Waals surface area contributed by atoms with Crippen LogP contribution >= 0.6 is 23.5 Å². The fourth-order valence-corrected chi connectivity index (χ4v) is 11.8. The first-order valence-corrected chi connectivity index (χ1v) is 29.4. The summed E-state index contributed by atoms with van der Waals surface area (Å²) in [5, 5.41) is 33.4. The topological polar surface area (TPSA) is 167 Å². The third-order valence-corrected chi connectivity index (χ3v) is 15.9. The van der Waals surface area contributed by atoms with E-state index in [1.807, 2.05) is 24.3 Å². The Kier molecular flexibility index (Phi) is 24.8. The van der Waals surface area contributed by atoms with Crippen molar-refractivity contribution in [2.24, 2.45) is 9.98 Å². The van der Waals surface area contributed by atoms with Gasteiger partial charge < -0.3 is 25.0 Å². The van der Waals surface area contributed by atoms with Crippen molar-refractivity contribution in [1.82, 2.24) is 9.80 Å². The van der Waals surface area contributed by atoms with E-state index in [0.29, 0.717) is 83.6 Å². The molecule has 2 aliphatic heterocycles. The van der Waals surface area contributed by atoms with Gasteiger partial charge in [0.15, 0.2) is 10.3 Å². The zero-order valence-electron chi connectivity index (χ0n) is 46.9. The summed E-state index contributed by atoms with van der Waals surface area (Å²) in [4.78, 5) is 44.8. The van der Waals surface area contributed by atoms with E-state index in [0.717, 1.165) is 74.0 Å². The van der Waals surface area contributed by atoms with Crippen molar-refractivity contribution < 1.29 is 55.6 Å². The number of anilines is 3. The third-order valence-electron chi connectivity index (χ3n) is 13.8. The molecule has 2 aliphatic rings. The Labute approximate surface area is 485 Å². The van der Waals surface area contributed by atoms with Crippen LogP contribution in [-0.4, -0.2) is 127 Å². The SMILES string of the molecule is CCOC(=O)C1=C(C)N(c2cccc(C(F)(F)F)c2)C(SCCCCCN(CCO)CCN(CCO)CCCCCSC2=NC(c3ccc(NC)cc3)C(C(=O)OCC)=C(C)N2c2cccc(C(F)(F)F)c2)=NC1c1ccc(C#N)cc1. The number of aliphatic hydroxyl groups excluding tert-OH is 2. The molecule has 0 saturated heterocycles. The molecule has 4 aromatic rings. The van der Waals surface area contributed by atoms with Gasteiger partial charge in [0.25, 0.3) is 0 Å². The number of aliphatic hydroxyl groups is 2. The molecular formula is C60H72F6N8O6S2. The number of unbranched alkanes of at least 4 members (excludes halogenated alkanes) is 4. The van der Waals surface area contributed by atoms with Crippen LogP contribution in [0.4, 0.5) is 43.4 Å². The van der Waals surface area contributed by atoms with Gasteiger partial charge in [0.05, 0.1) is 60.3 Å². The monoisotopic (exact) mass is 1180 g/mol. The number of allylic oxidation sites excluding steroid dienone is 2. The molecule has 3 N–H and O–H groups in total. The second-order valence-electron chi connectivity index (χ2n) is 19.4. The van der Waals surface area contributed by atoms with Crippen molar-refractivity contribution in [3.63, 3.8) is 0 Å². The molecule has 14 nitrogen and oxygen atoms in total. The highest BCUT2D eigenvalue weighted by molar-refractivity contribution is 8.14. The third kappa shape index (κ3) is 17.6. The van der Waals surface area contributed by atoms with Gasteiger partial charge in [-0.05, 0) is 138 Å².